The molecule has 0 bridgehead atoms. The molecule has 0 aliphatic carbocycles. The number of aliphatic carboxylic acids is 1. The first-order chi connectivity index (χ1) is 8.42. The third kappa shape index (κ3) is 6.59. The second kappa shape index (κ2) is 8.91. The monoisotopic (exact) mass is 258 g/mol. The van der Waals surface area contributed by atoms with E-state index in [2.05, 4.69) is 6.92 Å². The minimum atomic E-state index is -0.863. The summed E-state index contributed by atoms with van der Waals surface area (Å²) in [6.45, 7) is 7.06. The zero-order chi connectivity index (χ0) is 14.1. The van der Waals surface area contributed by atoms with E-state index in [1.807, 2.05) is 6.92 Å². The summed E-state index contributed by atoms with van der Waals surface area (Å²) in [5.74, 6) is -0.905. The summed E-state index contributed by atoms with van der Waals surface area (Å²) >= 11 is 0. The number of nitrogens with two attached hydrogens (primary N) is 1. The van der Waals surface area contributed by atoms with Gasteiger partial charge in [0.2, 0.25) is 5.91 Å². The van der Waals surface area contributed by atoms with E-state index in [4.69, 9.17) is 10.8 Å². The molecule has 0 saturated heterocycles. The second-order valence-corrected chi connectivity index (χ2v) is 4.89. The highest BCUT2D eigenvalue weighted by Gasteiger charge is 2.19. The van der Waals surface area contributed by atoms with Crippen molar-refractivity contribution in [3.63, 3.8) is 0 Å². The molecule has 0 rings (SSSR count). The minimum absolute atomic E-state index is 0.0365. The Labute approximate surface area is 109 Å². The van der Waals surface area contributed by atoms with Crippen molar-refractivity contribution in [3.05, 3.63) is 0 Å². The van der Waals surface area contributed by atoms with Crippen LogP contribution in [0.5, 0.6) is 0 Å². The van der Waals surface area contributed by atoms with Crippen molar-refractivity contribution < 1.29 is 14.7 Å². The largest absolute Gasteiger partial charge is 0.481 e. The fraction of sp³-hybridized carbons (Fsp3) is 0.846. The molecule has 18 heavy (non-hydrogen) atoms. The fourth-order valence-electron chi connectivity index (χ4n) is 1.77. The van der Waals surface area contributed by atoms with Gasteiger partial charge in [-0.05, 0) is 32.2 Å². The van der Waals surface area contributed by atoms with Crippen LogP contribution in [-0.2, 0) is 9.59 Å². The van der Waals surface area contributed by atoms with E-state index >= 15 is 0 Å². The number of carboxylic acids is 1. The zero-order valence-electron chi connectivity index (χ0n) is 11.7. The number of amides is 1. The van der Waals surface area contributed by atoms with Gasteiger partial charge in [0, 0.05) is 19.5 Å². The van der Waals surface area contributed by atoms with Crippen LogP contribution in [0.4, 0.5) is 0 Å². The molecule has 0 radical (unpaired) electrons. The molecule has 1 amide bonds. The van der Waals surface area contributed by atoms with Crippen molar-refractivity contribution in [2.75, 3.05) is 19.6 Å². The molecular weight excluding hydrogens is 232 g/mol. The van der Waals surface area contributed by atoms with Gasteiger partial charge in [-0.3, -0.25) is 9.59 Å². The summed E-state index contributed by atoms with van der Waals surface area (Å²) in [4.78, 5) is 24.3. The molecule has 0 aliphatic rings. The van der Waals surface area contributed by atoms with Crippen molar-refractivity contribution in [2.24, 2.45) is 17.6 Å². The summed E-state index contributed by atoms with van der Waals surface area (Å²) in [7, 11) is 0. The van der Waals surface area contributed by atoms with Crippen LogP contribution < -0.4 is 5.73 Å². The van der Waals surface area contributed by atoms with Gasteiger partial charge in [0.1, 0.15) is 0 Å². The molecule has 5 heteroatoms. The molecule has 3 N–H and O–H groups in total. The average Bonchev–Trinajstić information content (AvgIpc) is 2.32. The molecule has 0 aromatic rings. The summed E-state index contributed by atoms with van der Waals surface area (Å²) in [6.07, 6.45) is 2.21. The standard InChI is InChI=1S/C13H26N2O3/c1-4-15(9-11(3)13(17)18)12(16)6-5-10(2)7-8-14/h10-11H,4-9,14H2,1-3H3,(H,17,18). The van der Waals surface area contributed by atoms with E-state index in [9.17, 15) is 9.59 Å². The molecule has 2 atom stereocenters. The average molecular weight is 258 g/mol. The lowest BCUT2D eigenvalue weighted by molar-refractivity contribution is -0.143. The van der Waals surface area contributed by atoms with Gasteiger partial charge in [0.25, 0.3) is 0 Å². The van der Waals surface area contributed by atoms with Crippen LogP contribution in [0.2, 0.25) is 0 Å². The molecule has 0 spiro atoms. The highest BCUT2D eigenvalue weighted by molar-refractivity contribution is 5.77. The van der Waals surface area contributed by atoms with Crippen LogP contribution >= 0.6 is 0 Å². The molecule has 106 valence electrons. The first kappa shape index (κ1) is 16.9. The van der Waals surface area contributed by atoms with Crippen molar-refractivity contribution in [1.29, 1.82) is 0 Å². The van der Waals surface area contributed by atoms with Crippen molar-refractivity contribution in [3.8, 4) is 0 Å². The zero-order valence-corrected chi connectivity index (χ0v) is 11.7. The predicted molar refractivity (Wildman–Crippen MR) is 71.1 cm³/mol. The second-order valence-electron chi connectivity index (χ2n) is 4.89. The molecule has 0 aliphatic heterocycles. The van der Waals surface area contributed by atoms with Crippen LogP contribution in [0.3, 0.4) is 0 Å². The van der Waals surface area contributed by atoms with E-state index in [1.165, 1.54) is 0 Å². The quantitative estimate of drug-likeness (QED) is 0.653. The van der Waals surface area contributed by atoms with Crippen LogP contribution in [0.15, 0.2) is 0 Å². The van der Waals surface area contributed by atoms with Crippen LogP contribution in [-0.4, -0.2) is 41.5 Å². The first-order valence-electron chi connectivity index (χ1n) is 6.62. The van der Waals surface area contributed by atoms with E-state index < -0.39 is 11.9 Å². The number of hydrogen-bond acceptors (Lipinski definition) is 3. The molecule has 0 aromatic heterocycles. The number of carboxylic acid groups (broad SMARTS) is 1. The lowest BCUT2D eigenvalue weighted by Gasteiger charge is -2.23. The van der Waals surface area contributed by atoms with Crippen LogP contribution in [0.1, 0.15) is 40.0 Å². The Kier molecular flexibility index (Phi) is 8.37. The Bertz CT molecular complexity index is 269. The number of carbonyl (C=O) groups excluding carboxylic acids is 1. The van der Waals surface area contributed by atoms with Gasteiger partial charge in [-0.2, -0.15) is 0 Å². The molecule has 0 aromatic carbocycles. The number of rotatable bonds is 9. The van der Waals surface area contributed by atoms with Gasteiger partial charge in [-0.15, -0.1) is 0 Å². The van der Waals surface area contributed by atoms with Crippen molar-refractivity contribution >= 4 is 11.9 Å². The molecule has 5 nitrogen and oxygen atoms in total. The van der Waals surface area contributed by atoms with Gasteiger partial charge in [0.05, 0.1) is 5.92 Å². The van der Waals surface area contributed by atoms with Gasteiger partial charge < -0.3 is 15.7 Å². The van der Waals surface area contributed by atoms with Gasteiger partial charge in [-0.25, -0.2) is 0 Å². The van der Waals surface area contributed by atoms with E-state index in [1.54, 1.807) is 11.8 Å². The molecule has 0 saturated carbocycles. The van der Waals surface area contributed by atoms with Crippen LogP contribution in [0, 0.1) is 11.8 Å². The Balaban J connectivity index is 4.14. The van der Waals surface area contributed by atoms with E-state index in [-0.39, 0.29) is 12.5 Å². The van der Waals surface area contributed by atoms with Gasteiger partial charge in [-0.1, -0.05) is 13.8 Å². The molecule has 2 unspecified atom stereocenters. The normalized spacial score (nSPS) is 14.0. The highest BCUT2D eigenvalue weighted by Crippen LogP contribution is 2.11. The van der Waals surface area contributed by atoms with E-state index in [0.717, 1.165) is 12.8 Å². The first-order valence-corrected chi connectivity index (χ1v) is 6.62. The summed E-state index contributed by atoms with van der Waals surface area (Å²) in [5, 5.41) is 8.84. The Morgan fingerprint density at radius 2 is 1.89 bits per heavy atom. The Hall–Kier alpha value is -1.10. The lowest BCUT2D eigenvalue weighted by atomic mass is 10.0. The number of carbonyl (C=O) groups is 2. The lowest BCUT2D eigenvalue weighted by Crippen LogP contribution is -2.36. The molecular formula is C13H26N2O3. The smallest absolute Gasteiger partial charge is 0.308 e. The van der Waals surface area contributed by atoms with Gasteiger partial charge in [0.15, 0.2) is 0 Å². The Morgan fingerprint density at radius 1 is 1.28 bits per heavy atom. The summed E-state index contributed by atoms with van der Waals surface area (Å²) in [5.41, 5.74) is 5.46. The number of nitrogens with zero attached hydrogens (tertiary/aromatic N) is 1. The summed E-state index contributed by atoms with van der Waals surface area (Å²) < 4.78 is 0. The van der Waals surface area contributed by atoms with Crippen LogP contribution in [0.25, 0.3) is 0 Å². The maximum absolute atomic E-state index is 11.9. The predicted octanol–water partition coefficient (Wildman–Crippen LogP) is 1.32. The van der Waals surface area contributed by atoms with Crippen molar-refractivity contribution in [1.82, 2.24) is 4.90 Å². The highest BCUT2D eigenvalue weighted by atomic mass is 16.4. The minimum Gasteiger partial charge on any atom is -0.481 e. The SMILES string of the molecule is CCN(CC(C)C(=O)O)C(=O)CCC(C)CCN. The molecule has 0 heterocycles. The number of hydrogen-bond donors (Lipinski definition) is 2. The van der Waals surface area contributed by atoms with Crippen molar-refractivity contribution in [2.45, 2.75) is 40.0 Å². The fourth-order valence-corrected chi connectivity index (χ4v) is 1.77. The van der Waals surface area contributed by atoms with E-state index in [0.29, 0.717) is 25.4 Å². The third-order valence-corrected chi connectivity index (χ3v) is 3.16. The summed E-state index contributed by atoms with van der Waals surface area (Å²) in [6, 6.07) is 0. The third-order valence-electron chi connectivity index (χ3n) is 3.16. The Morgan fingerprint density at radius 3 is 2.33 bits per heavy atom. The molecule has 0 fully saturated rings. The van der Waals surface area contributed by atoms with Gasteiger partial charge >= 0.3 is 5.97 Å². The maximum Gasteiger partial charge on any atom is 0.308 e. The topological polar surface area (TPSA) is 83.6 Å². The maximum atomic E-state index is 11.9.